The van der Waals surface area contributed by atoms with Crippen LogP contribution in [0.15, 0.2) is 36.7 Å². The lowest BCUT2D eigenvalue weighted by molar-refractivity contribution is 0.0951. The molecule has 3 N–H and O–H groups in total. The molecule has 0 bridgehead atoms. The molecule has 1 amide bonds. The summed E-state index contributed by atoms with van der Waals surface area (Å²) in [5.41, 5.74) is 7.81. The Morgan fingerprint density at radius 2 is 2.33 bits per heavy atom. The van der Waals surface area contributed by atoms with Crippen molar-refractivity contribution in [3.8, 4) is 0 Å². The fraction of sp³-hybridized carbons (Fsp3) is 0.231. The molecule has 0 aliphatic carbocycles. The number of nitrogens with two attached hydrogens (primary N) is 1. The summed E-state index contributed by atoms with van der Waals surface area (Å²) >= 11 is 0. The molecule has 0 aliphatic heterocycles. The quantitative estimate of drug-likeness (QED) is 0.794. The smallest absolute Gasteiger partial charge is 0.251 e. The van der Waals surface area contributed by atoms with E-state index in [1.807, 2.05) is 25.3 Å². The number of carbonyl (C=O) groups excluding carboxylic acids is 1. The fourth-order valence-electron chi connectivity index (χ4n) is 1.70. The van der Waals surface area contributed by atoms with Crippen molar-refractivity contribution in [2.45, 2.75) is 13.5 Å². The maximum Gasteiger partial charge on any atom is 0.251 e. The van der Waals surface area contributed by atoms with Gasteiger partial charge in [-0.05, 0) is 30.7 Å². The summed E-state index contributed by atoms with van der Waals surface area (Å²) in [6.07, 6.45) is 3.57. The van der Waals surface area contributed by atoms with Gasteiger partial charge in [0.25, 0.3) is 5.91 Å². The zero-order valence-corrected chi connectivity index (χ0v) is 10.3. The maximum absolute atomic E-state index is 11.9. The maximum atomic E-state index is 11.9. The van der Waals surface area contributed by atoms with E-state index in [2.05, 4.69) is 10.4 Å². The van der Waals surface area contributed by atoms with Gasteiger partial charge in [0.05, 0.1) is 6.54 Å². The largest absolute Gasteiger partial charge is 0.399 e. The van der Waals surface area contributed by atoms with Crippen LogP contribution >= 0.6 is 0 Å². The van der Waals surface area contributed by atoms with Gasteiger partial charge in [-0.3, -0.25) is 9.48 Å². The molecule has 18 heavy (non-hydrogen) atoms. The van der Waals surface area contributed by atoms with Crippen molar-refractivity contribution >= 4 is 11.6 Å². The van der Waals surface area contributed by atoms with Crippen LogP contribution in [0.5, 0.6) is 0 Å². The van der Waals surface area contributed by atoms with E-state index < -0.39 is 0 Å². The summed E-state index contributed by atoms with van der Waals surface area (Å²) in [5, 5.41) is 6.91. The van der Waals surface area contributed by atoms with Crippen LogP contribution in [0.2, 0.25) is 0 Å². The third-order valence-corrected chi connectivity index (χ3v) is 2.69. The Hall–Kier alpha value is -2.30. The van der Waals surface area contributed by atoms with Crippen molar-refractivity contribution in [2.75, 3.05) is 12.3 Å². The summed E-state index contributed by atoms with van der Waals surface area (Å²) in [6, 6.07) is 7.18. The lowest BCUT2D eigenvalue weighted by atomic mass is 10.1. The number of nitrogen functional groups attached to an aromatic ring is 1. The van der Waals surface area contributed by atoms with Gasteiger partial charge in [0.1, 0.15) is 0 Å². The highest BCUT2D eigenvalue weighted by Crippen LogP contribution is 2.12. The molecule has 0 radical (unpaired) electrons. The molecule has 1 heterocycles. The van der Waals surface area contributed by atoms with Crippen molar-refractivity contribution in [3.63, 3.8) is 0 Å². The number of aryl methyl sites for hydroxylation is 1. The lowest BCUT2D eigenvalue weighted by Crippen LogP contribution is -2.28. The van der Waals surface area contributed by atoms with Gasteiger partial charge in [-0.2, -0.15) is 5.10 Å². The second-order valence-electron chi connectivity index (χ2n) is 4.10. The van der Waals surface area contributed by atoms with Gasteiger partial charge in [0.2, 0.25) is 0 Å². The van der Waals surface area contributed by atoms with Gasteiger partial charge >= 0.3 is 0 Å². The van der Waals surface area contributed by atoms with Crippen LogP contribution in [0.4, 0.5) is 5.69 Å². The standard InChI is InChI=1S/C13H16N4O/c1-10-3-4-11(14)9-12(10)13(18)15-6-8-17-7-2-5-16-17/h2-5,7,9H,6,8,14H2,1H3,(H,15,18). The van der Waals surface area contributed by atoms with Crippen molar-refractivity contribution in [1.82, 2.24) is 15.1 Å². The number of benzene rings is 1. The molecule has 0 spiro atoms. The van der Waals surface area contributed by atoms with Crippen molar-refractivity contribution in [3.05, 3.63) is 47.8 Å². The predicted octanol–water partition coefficient (Wildman–Crippen LogP) is 1.20. The van der Waals surface area contributed by atoms with Crippen molar-refractivity contribution < 1.29 is 4.79 Å². The molecular formula is C13H16N4O. The zero-order chi connectivity index (χ0) is 13.0. The van der Waals surface area contributed by atoms with Gasteiger partial charge in [0, 0.05) is 30.2 Å². The number of nitrogens with zero attached hydrogens (tertiary/aromatic N) is 2. The van der Waals surface area contributed by atoms with Crippen LogP contribution < -0.4 is 11.1 Å². The summed E-state index contributed by atoms with van der Waals surface area (Å²) in [7, 11) is 0. The molecule has 2 rings (SSSR count). The predicted molar refractivity (Wildman–Crippen MR) is 70.2 cm³/mol. The molecule has 1 aromatic heterocycles. The number of rotatable bonds is 4. The number of amides is 1. The normalized spacial score (nSPS) is 10.3. The minimum atomic E-state index is -0.105. The number of aromatic nitrogens is 2. The van der Waals surface area contributed by atoms with E-state index in [1.54, 1.807) is 23.0 Å². The minimum Gasteiger partial charge on any atom is -0.399 e. The Bertz CT molecular complexity index is 534. The number of hydrogen-bond acceptors (Lipinski definition) is 3. The van der Waals surface area contributed by atoms with Gasteiger partial charge in [-0.15, -0.1) is 0 Å². The average molecular weight is 244 g/mol. The van der Waals surface area contributed by atoms with E-state index >= 15 is 0 Å². The second-order valence-corrected chi connectivity index (χ2v) is 4.10. The topological polar surface area (TPSA) is 72.9 Å². The minimum absolute atomic E-state index is 0.105. The molecule has 0 aliphatic rings. The van der Waals surface area contributed by atoms with Crippen LogP contribution in [0.25, 0.3) is 0 Å². The number of nitrogens with one attached hydrogen (secondary N) is 1. The van der Waals surface area contributed by atoms with E-state index in [-0.39, 0.29) is 5.91 Å². The summed E-state index contributed by atoms with van der Waals surface area (Å²) in [4.78, 5) is 11.9. The average Bonchev–Trinajstić information content (AvgIpc) is 2.85. The lowest BCUT2D eigenvalue weighted by Gasteiger charge is -2.08. The summed E-state index contributed by atoms with van der Waals surface area (Å²) < 4.78 is 1.77. The van der Waals surface area contributed by atoms with Gasteiger partial charge in [-0.25, -0.2) is 0 Å². The van der Waals surface area contributed by atoms with Crippen molar-refractivity contribution in [2.24, 2.45) is 0 Å². The Kier molecular flexibility index (Phi) is 3.62. The molecule has 5 heteroatoms. The monoisotopic (exact) mass is 244 g/mol. The van der Waals surface area contributed by atoms with E-state index in [1.165, 1.54) is 0 Å². The molecule has 0 atom stereocenters. The zero-order valence-electron chi connectivity index (χ0n) is 10.3. The Balaban J connectivity index is 1.93. The molecule has 0 saturated carbocycles. The van der Waals surface area contributed by atoms with Gasteiger partial charge in [-0.1, -0.05) is 6.07 Å². The molecule has 0 unspecified atom stereocenters. The Morgan fingerprint density at radius 3 is 3.06 bits per heavy atom. The van der Waals surface area contributed by atoms with E-state index in [0.717, 1.165) is 5.56 Å². The van der Waals surface area contributed by atoms with E-state index in [9.17, 15) is 4.79 Å². The van der Waals surface area contributed by atoms with Gasteiger partial charge < -0.3 is 11.1 Å². The number of hydrogen-bond donors (Lipinski definition) is 2. The number of carbonyl (C=O) groups is 1. The van der Waals surface area contributed by atoms with Crippen LogP contribution in [-0.4, -0.2) is 22.2 Å². The van der Waals surface area contributed by atoms with Gasteiger partial charge in [0.15, 0.2) is 0 Å². The van der Waals surface area contributed by atoms with Crippen LogP contribution in [-0.2, 0) is 6.54 Å². The first-order chi connectivity index (χ1) is 8.66. The highest BCUT2D eigenvalue weighted by Gasteiger charge is 2.08. The Morgan fingerprint density at radius 1 is 1.50 bits per heavy atom. The fourth-order valence-corrected chi connectivity index (χ4v) is 1.70. The first-order valence-electron chi connectivity index (χ1n) is 5.78. The number of anilines is 1. The molecule has 0 fully saturated rings. The summed E-state index contributed by atoms with van der Waals surface area (Å²) in [6.45, 7) is 3.08. The third-order valence-electron chi connectivity index (χ3n) is 2.69. The van der Waals surface area contributed by atoms with Crippen LogP contribution in [0, 0.1) is 6.92 Å². The molecule has 0 saturated heterocycles. The van der Waals surface area contributed by atoms with Crippen LogP contribution in [0.1, 0.15) is 15.9 Å². The van der Waals surface area contributed by atoms with E-state index in [0.29, 0.717) is 24.3 Å². The van der Waals surface area contributed by atoms with E-state index in [4.69, 9.17) is 5.73 Å². The first-order valence-corrected chi connectivity index (χ1v) is 5.78. The van der Waals surface area contributed by atoms with Crippen molar-refractivity contribution in [1.29, 1.82) is 0 Å². The summed E-state index contributed by atoms with van der Waals surface area (Å²) in [5.74, 6) is -0.105. The first kappa shape index (κ1) is 12.2. The SMILES string of the molecule is Cc1ccc(N)cc1C(=O)NCCn1cccn1. The molecule has 2 aromatic rings. The highest BCUT2D eigenvalue weighted by molar-refractivity contribution is 5.96. The second kappa shape index (κ2) is 5.35. The molecule has 5 nitrogen and oxygen atoms in total. The third kappa shape index (κ3) is 2.88. The Labute approximate surface area is 106 Å². The van der Waals surface area contributed by atoms with Crippen LogP contribution in [0.3, 0.4) is 0 Å². The molecule has 1 aromatic carbocycles. The molecular weight excluding hydrogens is 228 g/mol. The molecule has 94 valence electrons. The highest BCUT2D eigenvalue weighted by atomic mass is 16.1.